The molecule has 0 aliphatic heterocycles. The molecule has 4 fully saturated rings. The smallest absolute Gasteiger partial charge is 0.336 e. The van der Waals surface area contributed by atoms with Gasteiger partial charge in [0.15, 0.2) is 6.61 Å². The molecular formula is C22H25NO4. The average molecular weight is 367 g/mol. The van der Waals surface area contributed by atoms with Gasteiger partial charge in [-0.05, 0) is 80.4 Å². The van der Waals surface area contributed by atoms with Gasteiger partial charge in [-0.2, -0.15) is 0 Å². The van der Waals surface area contributed by atoms with Crippen LogP contribution >= 0.6 is 0 Å². The summed E-state index contributed by atoms with van der Waals surface area (Å²) in [6.07, 6.45) is 6.53. The molecule has 5 heteroatoms. The monoisotopic (exact) mass is 367 g/mol. The van der Waals surface area contributed by atoms with Crippen molar-refractivity contribution in [1.29, 1.82) is 0 Å². The highest BCUT2D eigenvalue weighted by atomic mass is 16.5. The quantitative estimate of drug-likeness (QED) is 0.841. The maximum Gasteiger partial charge on any atom is 0.336 e. The fourth-order valence-corrected chi connectivity index (χ4v) is 5.93. The molecule has 1 heterocycles. The van der Waals surface area contributed by atoms with E-state index in [2.05, 4.69) is 5.32 Å². The third-order valence-corrected chi connectivity index (χ3v) is 6.85. The standard InChI is InChI=1S/C22H25NO4/c1-12-4-21(25)27-19-10-17(2-3-18(12)19)26-11-20(24)23-22-15-6-13-5-14(8-15)9-16(22)7-13/h2-4,10,13-16,22H,5-9,11H2,1H3,(H,23,24). The van der Waals surface area contributed by atoms with E-state index in [1.807, 2.05) is 19.1 Å². The van der Waals surface area contributed by atoms with E-state index in [1.165, 1.54) is 38.2 Å². The summed E-state index contributed by atoms with van der Waals surface area (Å²) in [5.41, 5.74) is 0.975. The normalized spacial score (nSPS) is 31.2. The molecule has 6 rings (SSSR count). The molecule has 1 amide bonds. The van der Waals surface area contributed by atoms with Crippen LogP contribution in [0.5, 0.6) is 5.75 Å². The second-order valence-electron chi connectivity index (χ2n) is 8.72. The maximum atomic E-state index is 12.5. The van der Waals surface area contributed by atoms with Crippen molar-refractivity contribution in [3.63, 3.8) is 0 Å². The molecule has 0 unspecified atom stereocenters. The Balaban J connectivity index is 1.23. The van der Waals surface area contributed by atoms with E-state index in [0.29, 0.717) is 29.2 Å². The van der Waals surface area contributed by atoms with E-state index in [0.717, 1.165) is 22.8 Å². The lowest BCUT2D eigenvalue weighted by Gasteiger charge is -2.54. The average Bonchev–Trinajstić information content (AvgIpc) is 2.62. The Bertz CT molecular complexity index is 919. The second-order valence-corrected chi connectivity index (χ2v) is 8.72. The number of hydrogen-bond acceptors (Lipinski definition) is 4. The molecule has 142 valence electrons. The summed E-state index contributed by atoms with van der Waals surface area (Å²) in [5.74, 6) is 3.58. The van der Waals surface area contributed by atoms with Crippen LogP contribution in [0.2, 0.25) is 0 Å². The highest BCUT2D eigenvalue weighted by Crippen LogP contribution is 2.53. The van der Waals surface area contributed by atoms with Crippen LogP contribution in [0.4, 0.5) is 0 Å². The lowest BCUT2D eigenvalue weighted by molar-refractivity contribution is -0.127. The molecule has 0 atom stereocenters. The summed E-state index contributed by atoms with van der Waals surface area (Å²) in [6.45, 7) is 1.86. The van der Waals surface area contributed by atoms with Crippen LogP contribution in [0.25, 0.3) is 11.0 Å². The Kier molecular flexibility index (Phi) is 3.99. The number of aryl methyl sites for hydroxylation is 1. The van der Waals surface area contributed by atoms with E-state index in [9.17, 15) is 9.59 Å². The van der Waals surface area contributed by atoms with Gasteiger partial charge in [0.1, 0.15) is 11.3 Å². The van der Waals surface area contributed by atoms with Crippen molar-refractivity contribution in [1.82, 2.24) is 5.32 Å². The first-order valence-electron chi connectivity index (χ1n) is 10.0. The maximum absolute atomic E-state index is 12.5. The first-order chi connectivity index (χ1) is 13.0. The molecule has 4 bridgehead atoms. The van der Waals surface area contributed by atoms with Crippen molar-refractivity contribution in [3.8, 4) is 5.75 Å². The number of amides is 1. The van der Waals surface area contributed by atoms with Crippen molar-refractivity contribution in [2.24, 2.45) is 23.7 Å². The van der Waals surface area contributed by atoms with Crippen molar-refractivity contribution in [2.45, 2.75) is 45.1 Å². The molecule has 0 saturated heterocycles. The van der Waals surface area contributed by atoms with Crippen LogP contribution < -0.4 is 15.7 Å². The van der Waals surface area contributed by atoms with Gasteiger partial charge < -0.3 is 14.5 Å². The van der Waals surface area contributed by atoms with Crippen LogP contribution in [0.1, 0.15) is 37.7 Å². The molecule has 0 radical (unpaired) electrons. The predicted octanol–water partition coefficient (Wildman–Crippen LogP) is 3.42. The van der Waals surface area contributed by atoms with E-state index < -0.39 is 0 Å². The van der Waals surface area contributed by atoms with Crippen LogP contribution in [-0.4, -0.2) is 18.6 Å². The zero-order valence-electron chi connectivity index (χ0n) is 15.6. The van der Waals surface area contributed by atoms with Gasteiger partial charge in [-0.15, -0.1) is 0 Å². The van der Waals surface area contributed by atoms with E-state index in [4.69, 9.17) is 9.15 Å². The summed E-state index contributed by atoms with van der Waals surface area (Å²) >= 11 is 0. The molecule has 0 spiro atoms. The van der Waals surface area contributed by atoms with Crippen molar-refractivity contribution < 1.29 is 13.9 Å². The molecule has 2 aromatic rings. The fraction of sp³-hybridized carbons (Fsp3) is 0.545. The first kappa shape index (κ1) is 16.8. The first-order valence-corrected chi connectivity index (χ1v) is 10.0. The zero-order valence-corrected chi connectivity index (χ0v) is 15.6. The molecule has 4 aliphatic rings. The van der Waals surface area contributed by atoms with Crippen LogP contribution in [0.15, 0.2) is 33.5 Å². The van der Waals surface area contributed by atoms with Crippen molar-refractivity contribution in [3.05, 3.63) is 40.2 Å². The molecule has 4 aliphatic carbocycles. The summed E-state index contributed by atoms with van der Waals surface area (Å²) in [6, 6.07) is 7.15. The summed E-state index contributed by atoms with van der Waals surface area (Å²) < 4.78 is 10.9. The van der Waals surface area contributed by atoms with Crippen LogP contribution in [0, 0.1) is 30.6 Å². The topological polar surface area (TPSA) is 68.5 Å². The minimum Gasteiger partial charge on any atom is -0.484 e. The van der Waals surface area contributed by atoms with Gasteiger partial charge in [0, 0.05) is 23.6 Å². The Morgan fingerprint density at radius 1 is 1.11 bits per heavy atom. The molecule has 1 N–H and O–H groups in total. The molecule has 1 aromatic heterocycles. The largest absolute Gasteiger partial charge is 0.484 e. The number of carbonyl (C=O) groups is 1. The number of nitrogens with one attached hydrogen (secondary N) is 1. The third-order valence-electron chi connectivity index (χ3n) is 6.85. The second kappa shape index (κ2) is 6.39. The van der Waals surface area contributed by atoms with Crippen molar-refractivity contribution in [2.75, 3.05) is 6.61 Å². The van der Waals surface area contributed by atoms with Crippen molar-refractivity contribution >= 4 is 16.9 Å². The van der Waals surface area contributed by atoms with Gasteiger partial charge in [0.2, 0.25) is 0 Å². The third kappa shape index (κ3) is 3.13. The summed E-state index contributed by atoms with van der Waals surface area (Å²) in [5, 5.41) is 4.13. The minimum absolute atomic E-state index is 0.00957. The Hall–Kier alpha value is -2.30. The van der Waals surface area contributed by atoms with Gasteiger partial charge in [-0.1, -0.05) is 0 Å². The minimum atomic E-state index is -0.378. The molecule has 1 aromatic carbocycles. The van der Waals surface area contributed by atoms with Gasteiger partial charge in [0.25, 0.3) is 5.91 Å². The van der Waals surface area contributed by atoms with E-state index in [1.54, 1.807) is 6.07 Å². The van der Waals surface area contributed by atoms with Gasteiger partial charge in [-0.25, -0.2) is 4.79 Å². The Morgan fingerprint density at radius 2 is 1.81 bits per heavy atom. The zero-order chi connectivity index (χ0) is 18.5. The summed E-state index contributed by atoms with van der Waals surface area (Å²) in [7, 11) is 0. The van der Waals surface area contributed by atoms with Gasteiger partial charge >= 0.3 is 5.63 Å². The lowest BCUT2D eigenvalue weighted by Crippen LogP contribution is -2.56. The van der Waals surface area contributed by atoms with E-state index in [-0.39, 0.29) is 18.1 Å². The highest BCUT2D eigenvalue weighted by Gasteiger charge is 2.48. The number of fused-ring (bicyclic) bond motifs is 1. The van der Waals surface area contributed by atoms with Gasteiger partial charge in [0.05, 0.1) is 0 Å². The van der Waals surface area contributed by atoms with Crippen LogP contribution in [0.3, 0.4) is 0 Å². The predicted molar refractivity (Wildman–Crippen MR) is 102 cm³/mol. The summed E-state index contributed by atoms with van der Waals surface area (Å²) in [4.78, 5) is 24.0. The molecular weight excluding hydrogens is 342 g/mol. The molecule has 4 saturated carbocycles. The molecule has 5 nitrogen and oxygen atoms in total. The van der Waals surface area contributed by atoms with Crippen LogP contribution in [-0.2, 0) is 4.79 Å². The van der Waals surface area contributed by atoms with E-state index >= 15 is 0 Å². The van der Waals surface area contributed by atoms with Gasteiger partial charge in [-0.3, -0.25) is 4.79 Å². The highest BCUT2D eigenvalue weighted by molar-refractivity contribution is 5.81. The Labute approximate surface area is 158 Å². The fourth-order valence-electron chi connectivity index (χ4n) is 5.93. The SMILES string of the molecule is Cc1cc(=O)oc2cc(OCC(=O)NC3C4CC5CC(C4)CC3C5)ccc12. The number of carbonyl (C=O) groups excluding carboxylic acids is 1. The lowest BCUT2D eigenvalue weighted by atomic mass is 9.54. The molecule has 27 heavy (non-hydrogen) atoms. The number of hydrogen-bond donors (Lipinski definition) is 1. The number of benzene rings is 1. The number of ether oxygens (including phenoxy) is 1. The Morgan fingerprint density at radius 3 is 2.52 bits per heavy atom. The number of rotatable bonds is 4.